The summed E-state index contributed by atoms with van der Waals surface area (Å²) in [6, 6.07) is 9.95. The van der Waals surface area contributed by atoms with Crippen LogP contribution in [0.5, 0.6) is 0 Å². The number of fused-ring (bicyclic) bond motifs is 1. The van der Waals surface area contributed by atoms with E-state index in [4.69, 9.17) is 0 Å². The van der Waals surface area contributed by atoms with Crippen molar-refractivity contribution in [2.24, 2.45) is 0 Å². The van der Waals surface area contributed by atoms with Crippen LogP contribution in [0.25, 0.3) is 16.6 Å². The zero-order valence-electron chi connectivity index (χ0n) is 10.9. The second kappa shape index (κ2) is 4.27. The highest BCUT2D eigenvalue weighted by molar-refractivity contribution is 5.87. The average molecular weight is 263 g/mol. The number of aldehydes is 1. The molecule has 2 heterocycles. The number of nitrogens with zero attached hydrogens (tertiary/aromatic N) is 3. The van der Waals surface area contributed by atoms with Crippen LogP contribution >= 0.6 is 0 Å². The zero-order chi connectivity index (χ0) is 13.5. The first-order valence-corrected chi connectivity index (χ1v) is 6.75. The van der Waals surface area contributed by atoms with Gasteiger partial charge in [0.2, 0.25) is 0 Å². The van der Waals surface area contributed by atoms with Crippen molar-refractivity contribution in [3.63, 3.8) is 0 Å². The van der Waals surface area contributed by atoms with Crippen LogP contribution in [0.2, 0.25) is 0 Å². The molecule has 0 bridgehead atoms. The number of pyridine rings is 1. The van der Waals surface area contributed by atoms with Gasteiger partial charge in [0.15, 0.2) is 6.29 Å². The minimum atomic E-state index is 0.463. The molecular weight excluding hydrogens is 250 g/mol. The van der Waals surface area contributed by atoms with Crippen molar-refractivity contribution in [2.75, 3.05) is 0 Å². The Bertz CT molecular complexity index is 797. The van der Waals surface area contributed by atoms with E-state index < -0.39 is 0 Å². The molecule has 0 atom stereocenters. The standard InChI is InChI=1S/C16H13N3O/c20-10-12-9-18-19(16(12)11-6-7-11)15-5-1-4-14-13(15)3-2-8-17-14/h1-5,8-11H,6-7H2. The number of carbonyl (C=O) groups is 1. The minimum absolute atomic E-state index is 0.463. The van der Waals surface area contributed by atoms with E-state index >= 15 is 0 Å². The van der Waals surface area contributed by atoms with Gasteiger partial charge in [0.05, 0.1) is 28.7 Å². The molecule has 1 aliphatic carbocycles. The maximum absolute atomic E-state index is 11.2. The number of carbonyl (C=O) groups excluding carboxylic acids is 1. The van der Waals surface area contributed by atoms with Crippen molar-refractivity contribution in [3.8, 4) is 5.69 Å². The summed E-state index contributed by atoms with van der Waals surface area (Å²) in [5, 5.41) is 5.48. The Morgan fingerprint density at radius 1 is 1.20 bits per heavy atom. The Labute approximate surface area is 116 Å². The minimum Gasteiger partial charge on any atom is -0.298 e. The lowest BCUT2D eigenvalue weighted by Gasteiger charge is -2.10. The number of hydrogen-bond donors (Lipinski definition) is 0. The molecule has 4 nitrogen and oxygen atoms in total. The van der Waals surface area contributed by atoms with Crippen molar-refractivity contribution in [2.45, 2.75) is 18.8 Å². The molecule has 2 aromatic heterocycles. The van der Waals surface area contributed by atoms with Gasteiger partial charge in [0.25, 0.3) is 0 Å². The molecule has 3 aromatic rings. The summed E-state index contributed by atoms with van der Waals surface area (Å²) in [5.74, 6) is 0.463. The fraction of sp³-hybridized carbons (Fsp3) is 0.188. The Hall–Kier alpha value is -2.49. The van der Waals surface area contributed by atoms with Gasteiger partial charge in [-0.2, -0.15) is 5.10 Å². The molecule has 0 aliphatic heterocycles. The molecule has 0 spiro atoms. The first kappa shape index (κ1) is 11.3. The number of rotatable bonds is 3. The monoisotopic (exact) mass is 263 g/mol. The molecule has 0 N–H and O–H groups in total. The molecule has 1 aromatic carbocycles. The van der Waals surface area contributed by atoms with E-state index in [0.717, 1.165) is 41.4 Å². The maximum Gasteiger partial charge on any atom is 0.153 e. The molecule has 1 saturated carbocycles. The third-order valence-electron chi connectivity index (χ3n) is 3.78. The number of hydrogen-bond acceptors (Lipinski definition) is 3. The molecule has 1 fully saturated rings. The van der Waals surface area contributed by atoms with Gasteiger partial charge in [0.1, 0.15) is 0 Å². The molecule has 0 saturated heterocycles. The summed E-state index contributed by atoms with van der Waals surface area (Å²) in [7, 11) is 0. The molecule has 20 heavy (non-hydrogen) atoms. The van der Waals surface area contributed by atoms with Gasteiger partial charge in [0, 0.05) is 17.5 Å². The van der Waals surface area contributed by atoms with Crippen LogP contribution in [0, 0.1) is 0 Å². The second-order valence-electron chi connectivity index (χ2n) is 5.14. The molecule has 1 aliphatic rings. The fourth-order valence-electron chi connectivity index (χ4n) is 2.69. The van der Waals surface area contributed by atoms with Gasteiger partial charge in [-0.15, -0.1) is 0 Å². The summed E-state index contributed by atoms with van der Waals surface area (Å²) in [6.07, 6.45) is 6.62. The first-order valence-electron chi connectivity index (χ1n) is 6.75. The van der Waals surface area contributed by atoms with Crippen LogP contribution < -0.4 is 0 Å². The van der Waals surface area contributed by atoms with E-state index in [-0.39, 0.29) is 0 Å². The molecule has 98 valence electrons. The molecule has 4 rings (SSSR count). The van der Waals surface area contributed by atoms with Crippen LogP contribution in [-0.4, -0.2) is 21.1 Å². The highest BCUT2D eigenvalue weighted by Gasteiger charge is 2.30. The lowest BCUT2D eigenvalue weighted by atomic mass is 10.1. The quantitative estimate of drug-likeness (QED) is 0.682. The maximum atomic E-state index is 11.2. The van der Waals surface area contributed by atoms with E-state index in [1.807, 2.05) is 35.0 Å². The SMILES string of the molecule is O=Cc1cnn(-c2cccc3ncccc23)c1C1CC1. The Kier molecular flexibility index (Phi) is 2.42. The highest BCUT2D eigenvalue weighted by Crippen LogP contribution is 2.42. The molecule has 4 heteroatoms. The first-order chi connectivity index (χ1) is 9.88. The Morgan fingerprint density at radius 2 is 2.10 bits per heavy atom. The van der Waals surface area contributed by atoms with E-state index in [0.29, 0.717) is 11.5 Å². The van der Waals surface area contributed by atoms with Gasteiger partial charge in [-0.25, -0.2) is 4.68 Å². The third kappa shape index (κ3) is 1.65. The van der Waals surface area contributed by atoms with E-state index in [1.54, 1.807) is 12.4 Å². The van der Waals surface area contributed by atoms with Crippen LogP contribution in [-0.2, 0) is 0 Å². The van der Waals surface area contributed by atoms with Crippen LogP contribution in [0.1, 0.15) is 34.8 Å². The normalized spacial score (nSPS) is 14.6. The molecule has 0 amide bonds. The highest BCUT2D eigenvalue weighted by atomic mass is 16.1. The van der Waals surface area contributed by atoms with E-state index in [1.165, 1.54) is 0 Å². The van der Waals surface area contributed by atoms with Crippen LogP contribution in [0.4, 0.5) is 0 Å². The van der Waals surface area contributed by atoms with Crippen LogP contribution in [0.3, 0.4) is 0 Å². The van der Waals surface area contributed by atoms with Crippen LogP contribution in [0.15, 0.2) is 42.7 Å². The summed E-state index contributed by atoms with van der Waals surface area (Å²) < 4.78 is 1.91. The lowest BCUT2D eigenvalue weighted by molar-refractivity contribution is 0.112. The molecular formula is C16H13N3O. The van der Waals surface area contributed by atoms with Gasteiger partial charge in [-0.3, -0.25) is 9.78 Å². The van der Waals surface area contributed by atoms with Crippen molar-refractivity contribution >= 4 is 17.2 Å². The van der Waals surface area contributed by atoms with Crippen molar-refractivity contribution in [1.82, 2.24) is 14.8 Å². The summed E-state index contributed by atoms with van der Waals surface area (Å²) in [6.45, 7) is 0. The van der Waals surface area contributed by atoms with E-state index in [2.05, 4.69) is 10.1 Å². The topological polar surface area (TPSA) is 47.8 Å². The van der Waals surface area contributed by atoms with E-state index in [9.17, 15) is 4.79 Å². The smallest absolute Gasteiger partial charge is 0.153 e. The zero-order valence-corrected chi connectivity index (χ0v) is 10.9. The third-order valence-corrected chi connectivity index (χ3v) is 3.78. The predicted octanol–water partition coefficient (Wildman–Crippen LogP) is 3.11. The molecule has 0 unspecified atom stereocenters. The summed E-state index contributed by atoms with van der Waals surface area (Å²) >= 11 is 0. The van der Waals surface area contributed by atoms with Crippen molar-refractivity contribution < 1.29 is 4.79 Å². The average Bonchev–Trinajstić information content (AvgIpc) is 3.25. The fourth-order valence-corrected chi connectivity index (χ4v) is 2.69. The van der Waals surface area contributed by atoms with Gasteiger partial charge >= 0.3 is 0 Å². The largest absolute Gasteiger partial charge is 0.298 e. The number of aromatic nitrogens is 3. The Morgan fingerprint density at radius 3 is 2.90 bits per heavy atom. The summed E-state index contributed by atoms with van der Waals surface area (Å²) in [5.41, 5.74) is 3.67. The molecule has 0 radical (unpaired) electrons. The number of benzene rings is 1. The predicted molar refractivity (Wildman–Crippen MR) is 76.2 cm³/mol. The summed E-state index contributed by atoms with van der Waals surface area (Å²) in [4.78, 5) is 15.6. The van der Waals surface area contributed by atoms with Gasteiger partial charge in [-0.05, 0) is 37.1 Å². The Balaban J connectivity index is 2.00. The van der Waals surface area contributed by atoms with Gasteiger partial charge in [-0.1, -0.05) is 6.07 Å². The van der Waals surface area contributed by atoms with Crippen molar-refractivity contribution in [3.05, 3.63) is 54.0 Å². The van der Waals surface area contributed by atoms with Crippen molar-refractivity contribution in [1.29, 1.82) is 0 Å². The van der Waals surface area contributed by atoms with Gasteiger partial charge < -0.3 is 0 Å². The lowest BCUT2D eigenvalue weighted by Crippen LogP contribution is -2.03. The second-order valence-corrected chi connectivity index (χ2v) is 5.14.